The highest BCUT2D eigenvalue weighted by Crippen LogP contribution is 2.19. The molecule has 1 atom stereocenters. The summed E-state index contributed by atoms with van der Waals surface area (Å²) in [5.74, 6) is 0. The van der Waals surface area contributed by atoms with Crippen molar-refractivity contribution in [1.29, 1.82) is 0 Å². The zero-order valence-electron chi connectivity index (χ0n) is 11.1. The number of hydrogen-bond donors (Lipinski definition) is 2. The Morgan fingerprint density at radius 1 is 1.39 bits per heavy atom. The predicted molar refractivity (Wildman–Crippen MR) is 70.9 cm³/mol. The van der Waals surface area contributed by atoms with Gasteiger partial charge in [-0.1, -0.05) is 0 Å². The number of hydrogen-bond acceptors (Lipinski definition) is 3. The average molecular weight is 277 g/mol. The lowest BCUT2D eigenvalue weighted by Gasteiger charge is -2.35. The van der Waals surface area contributed by atoms with E-state index in [0.717, 1.165) is 32.1 Å². The summed E-state index contributed by atoms with van der Waals surface area (Å²) in [5, 5.41) is 2.80. The summed E-state index contributed by atoms with van der Waals surface area (Å²) >= 11 is 0. The minimum absolute atomic E-state index is 0.0402. The van der Waals surface area contributed by atoms with Crippen LogP contribution in [0.4, 0.5) is 4.79 Å². The molecule has 0 aromatic carbocycles. The van der Waals surface area contributed by atoms with Gasteiger partial charge in [0.15, 0.2) is 0 Å². The topological polar surface area (TPSA) is 78.5 Å². The molecule has 6 nitrogen and oxygen atoms in total. The molecule has 0 aromatic rings. The van der Waals surface area contributed by atoms with Crippen molar-refractivity contribution in [3.63, 3.8) is 0 Å². The smallest absolute Gasteiger partial charge is 0.317 e. The van der Waals surface area contributed by atoms with Crippen LogP contribution in [0.1, 0.15) is 32.6 Å². The molecule has 1 fully saturated rings. The molecule has 1 saturated heterocycles. The molecule has 7 heteroatoms. The molecule has 1 rings (SSSR count). The van der Waals surface area contributed by atoms with Crippen LogP contribution in [0.25, 0.3) is 0 Å². The van der Waals surface area contributed by atoms with Gasteiger partial charge in [0, 0.05) is 25.7 Å². The Labute approximate surface area is 109 Å². The summed E-state index contributed by atoms with van der Waals surface area (Å²) in [6.07, 6.45) is 4.88. The largest absolute Gasteiger partial charge is 0.338 e. The predicted octanol–water partition coefficient (Wildman–Crippen LogP) is 0.510. The average Bonchev–Trinajstić information content (AvgIpc) is 2.28. The monoisotopic (exact) mass is 277 g/mol. The van der Waals surface area contributed by atoms with Crippen LogP contribution in [0, 0.1) is 0 Å². The second-order valence-electron chi connectivity index (χ2n) is 4.63. The molecule has 1 aliphatic rings. The number of rotatable bonds is 5. The van der Waals surface area contributed by atoms with Crippen LogP contribution in [-0.2, 0) is 10.0 Å². The third-order valence-corrected chi connectivity index (χ3v) is 3.79. The number of nitrogens with zero attached hydrogens (tertiary/aromatic N) is 1. The van der Waals surface area contributed by atoms with Gasteiger partial charge in [-0.3, -0.25) is 0 Å². The van der Waals surface area contributed by atoms with Gasteiger partial charge in [0.05, 0.1) is 6.26 Å². The highest BCUT2D eigenvalue weighted by Gasteiger charge is 2.25. The standard InChI is InChI=1S/C11H23N3O3S/c1-3-12-11(15)14-9-5-4-6-10(14)7-8-13-18(2,16)17/h10,13H,3-9H2,1-2H3,(H,12,15)/t10-/m0/s1. The van der Waals surface area contributed by atoms with Gasteiger partial charge in [0.2, 0.25) is 10.0 Å². The second-order valence-corrected chi connectivity index (χ2v) is 6.47. The van der Waals surface area contributed by atoms with Crippen LogP contribution >= 0.6 is 0 Å². The van der Waals surface area contributed by atoms with E-state index in [4.69, 9.17) is 0 Å². The fourth-order valence-electron chi connectivity index (χ4n) is 2.23. The van der Waals surface area contributed by atoms with E-state index in [1.807, 2.05) is 11.8 Å². The van der Waals surface area contributed by atoms with Crippen LogP contribution in [0.15, 0.2) is 0 Å². The number of nitrogens with one attached hydrogen (secondary N) is 2. The van der Waals surface area contributed by atoms with Crippen molar-refractivity contribution in [3.05, 3.63) is 0 Å². The van der Waals surface area contributed by atoms with Crippen molar-refractivity contribution in [2.24, 2.45) is 0 Å². The maximum Gasteiger partial charge on any atom is 0.317 e. The molecule has 106 valence electrons. The van der Waals surface area contributed by atoms with Gasteiger partial charge >= 0.3 is 6.03 Å². The van der Waals surface area contributed by atoms with E-state index in [1.165, 1.54) is 0 Å². The Bertz CT molecular complexity index is 370. The number of sulfonamides is 1. The van der Waals surface area contributed by atoms with E-state index >= 15 is 0 Å². The highest BCUT2D eigenvalue weighted by molar-refractivity contribution is 7.88. The zero-order chi connectivity index (χ0) is 13.6. The van der Waals surface area contributed by atoms with E-state index in [9.17, 15) is 13.2 Å². The molecule has 1 aliphatic heterocycles. The lowest BCUT2D eigenvalue weighted by Crippen LogP contribution is -2.49. The fraction of sp³-hybridized carbons (Fsp3) is 0.909. The highest BCUT2D eigenvalue weighted by atomic mass is 32.2. The number of piperidine rings is 1. The molecule has 0 radical (unpaired) electrons. The molecule has 0 spiro atoms. The third-order valence-electron chi connectivity index (χ3n) is 3.06. The number of carbonyl (C=O) groups is 1. The lowest BCUT2D eigenvalue weighted by atomic mass is 10.00. The zero-order valence-corrected chi connectivity index (χ0v) is 11.9. The Hall–Kier alpha value is -0.820. The van der Waals surface area contributed by atoms with Crippen LogP contribution in [0.2, 0.25) is 0 Å². The fourth-order valence-corrected chi connectivity index (χ4v) is 2.72. The van der Waals surface area contributed by atoms with E-state index in [2.05, 4.69) is 10.0 Å². The number of amides is 2. The summed E-state index contributed by atoms with van der Waals surface area (Å²) in [7, 11) is -3.14. The molecule has 18 heavy (non-hydrogen) atoms. The van der Waals surface area contributed by atoms with E-state index in [1.54, 1.807) is 0 Å². The Kier molecular flexibility index (Phi) is 5.87. The van der Waals surface area contributed by atoms with Gasteiger partial charge in [0.25, 0.3) is 0 Å². The Morgan fingerprint density at radius 2 is 2.11 bits per heavy atom. The summed E-state index contributed by atoms with van der Waals surface area (Å²) in [6, 6.07) is 0.0982. The first-order chi connectivity index (χ1) is 8.44. The molecule has 1 heterocycles. The van der Waals surface area contributed by atoms with Crippen molar-refractivity contribution in [2.75, 3.05) is 25.9 Å². The minimum atomic E-state index is -3.14. The molecule has 0 aliphatic carbocycles. The van der Waals surface area contributed by atoms with Gasteiger partial charge in [0.1, 0.15) is 0 Å². The van der Waals surface area contributed by atoms with E-state index < -0.39 is 10.0 Å². The summed E-state index contributed by atoms with van der Waals surface area (Å²) in [6.45, 7) is 3.65. The van der Waals surface area contributed by atoms with Gasteiger partial charge in [-0.2, -0.15) is 0 Å². The molecule has 0 saturated carbocycles. The van der Waals surface area contributed by atoms with Crippen molar-refractivity contribution in [2.45, 2.75) is 38.6 Å². The molecular weight excluding hydrogens is 254 g/mol. The first-order valence-electron chi connectivity index (χ1n) is 6.43. The van der Waals surface area contributed by atoms with Crippen molar-refractivity contribution < 1.29 is 13.2 Å². The number of likely N-dealkylation sites (tertiary alicyclic amines) is 1. The minimum Gasteiger partial charge on any atom is -0.338 e. The Balaban J connectivity index is 2.47. The number of carbonyl (C=O) groups excluding carboxylic acids is 1. The normalized spacial score (nSPS) is 20.8. The van der Waals surface area contributed by atoms with Crippen molar-refractivity contribution in [1.82, 2.24) is 14.9 Å². The maximum absolute atomic E-state index is 11.8. The molecule has 2 amide bonds. The maximum atomic E-state index is 11.8. The summed E-state index contributed by atoms with van der Waals surface area (Å²) in [5.41, 5.74) is 0. The quantitative estimate of drug-likeness (QED) is 0.768. The van der Waals surface area contributed by atoms with Crippen LogP contribution in [-0.4, -0.2) is 51.3 Å². The summed E-state index contributed by atoms with van der Waals surface area (Å²) in [4.78, 5) is 13.7. The van der Waals surface area contributed by atoms with Crippen LogP contribution in [0.5, 0.6) is 0 Å². The van der Waals surface area contributed by atoms with Crippen molar-refractivity contribution >= 4 is 16.1 Å². The van der Waals surface area contributed by atoms with Crippen molar-refractivity contribution in [3.8, 4) is 0 Å². The molecular formula is C11H23N3O3S. The van der Waals surface area contributed by atoms with Gasteiger partial charge in [-0.05, 0) is 32.6 Å². The first-order valence-corrected chi connectivity index (χ1v) is 8.32. The van der Waals surface area contributed by atoms with E-state index in [0.29, 0.717) is 19.5 Å². The molecule has 2 N–H and O–H groups in total. The van der Waals surface area contributed by atoms with Crippen LogP contribution in [0.3, 0.4) is 0 Å². The molecule has 0 aromatic heterocycles. The number of urea groups is 1. The summed E-state index contributed by atoms with van der Waals surface area (Å²) < 4.78 is 24.4. The molecule has 0 unspecified atom stereocenters. The van der Waals surface area contributed by atoms with Crippen LogP contribution < -0.4 is 10.0 Å². The third kappa shape index (κ3) is 5.22. The van der Waals surface area contributed by atoms with E-state index in [-0.39, 0.29) is 12.1 Å². The SMILES string of the molecule is CCNC(=O)N1CCCC[C@H]1CCNS(C)(=O)=O. The van der Waals surface area contributed by atoms with Gasteiger partial charge < -0.3 is 10.2 Å². The lowest BCUT2D eigenvalue weighted by molar-refractivity contribution is 0.147. The second kappa shape index (κ2) is 6.94. The molecule has 0 bridgehead atoms. The first kappa shape index (κ1) is 15.2. The van der Waals surface area contributed by atoms with Gasteiger partial charge in [-0.15, -0.1) is 0 Å². The Morgan fingerprint density at radius 3 is 2.72 bits per heavy atom. The van der Waals surface area contributed by atoms with Gasteiger partial charge in [-0.25, -0.2) is 17.9 Å².